The van der Waals surface area contributed by atoms with Crippen LogP contribution in [0.2, 0.25) is 5.02 Å². The summed E-state index contributed by atoms with van der Waals surface area (Å²) in [4.78, 5) is 38.6. The number of benzene rings is 1. The summed E-state index contributed by atoms with van der Waals surface area (Å²) in [6.45, 7) is 4.14. The molecular formula is C18H24ClN3O4. The number of esters is 1. The average molecular weight is 382 g/mol. The molecule has 2 N–H and O–H groups in total. The van der Waals surface area contributed by atoms with Gasteiger partial charge in [0.25, 0.3) is 0 Å². The summed E-state index contributed by atoms with van der Waals surface area (Å²) in [5, 5.41) is 5.74. The topological polar surface area (TPSA) is 87.7 Å². The number of urea groups is 1. The third kappa shape index (κ3) is 4.66. The van der Waals surface area contributed by atoms with Crippen molar-refractivity contribution in [3.8, 4) is 0 Å². The first-order chi connectivity index (χ1) is 12.3. The number of methoxy groups -OCH3 is 1. The SMILES string of the molecule is COC(=O)[C@@H]1CCCN1C(=O)[C@@H](NC(=O)Nc1ccccc1Cl)C(C)C. The zero-order chi connectivity index (χ0) is 19.3. The number of hydrogen-bond donors (Lipinski definition) is 2. The fraction of sp³-hybridized carbons (Fsp3) is 0.500. The second-order valence-corrected chi connectivity index (χ2v) is 6.92. The van der Waals surface area contributed by atoms with E-state index in [1.54, 1.807) is 24.3 Å². The summed E-state index contributed by atoms with van der Waals surface area (Å²) >= 11 is 6.03. The van der Waals surface area contributed by atoms with Crippen LogP contribution in [0.4, 0.5) is 10.5 Å². The molecule has 0 saturated carbocycles. The lowest BCUT2D eigenvalue weighted by atomic mass is 10.0. The zero-order valence-electron chi connectivity index (χ0n) is 15.1. The fourth-order valence-corrected chi connectivity index (χ4v) is 3.15. The molecule has 1 aromatic carbocycles. The van der Waals surface area contributed by atoms with Gasteiger partial charge < -0.3 is 20.3 Å². The van der Waals surface area contributed by atoms with Crippen LogP contribution in [0.1, 0.15) is 26.7 Å². The summed E-state index contributed by atoms with van der Waals surface area (Å²) in [5.41, 5.74) is 0.454. The molecule has 142 valence electrons. The van der Waals surface area contributed by atoms with E-state index < -0.39 is 24.1 Å². The van der Waals surface area contributed by atoms with Crippen molar-refractivity contribution in [2.45, 2.75) is 38.8 Å². The van der Waals surface area contributed by atoms with Crippen molar-refractivity contribution < 1.29 is 19.1 Å². The summed E-state index contributed by atoms with van der Waals surface area (Å²) in [7, 11) is 1.30. The number of para-hydroxylation sites is 1. The molecule has 26 heavy (non-hydrogen) atoms. The monoisotopic (exact) mass is 381 g/mol. The predicted molar refractivity (Wildman–Crippen MR) is 99.0 cm³/mol. The number of carbonyl (C=O) groups excluding carboxylic acids is 3. The van der Waals surface area contributed by atoms with Crippen LogP contribution in [-0.4, -0.2) is 48.5 Å². The fourth-order valence-electron chi connectivity index (χ4n) is 2.97. The normalized spacial score (nSPS) is 17.7. The summed E-state index contributed by atoms with van der Waals surface area (Å²) in [6.07, 6.45) is 1.29. The van der Waals surface area contributed by atoms with Gasteiger partial charge >= 0.3 is 12.0 Å². The number of nitrogens with zero attached hydrogens (tertiary/aromatic N) is 1. The lowest BCUT2D eigenvalue weighted by Crippen LogP contribution is -2.54. The van der Waals surface area contributed by atoms with Crippen molar-refractivity contribution >= 4 is 35.2 Å². The maximum absolute atomic E-state index is 12.9. The number of amides is 3. The molecule has 0 bridgehead atoms. The molecule has 2 rings (SSSR count). The van der Waals surface area contributed by atoms with E-state index in [4.69, 9.17) is 16.3 Å². The molecule has 8 heteroatoms. The Balaban J connectivity index is 2.08. The minimum Gasteiger partial charge on any atom is -0.467 e. The molecule has 7 nitrogen and oxygen atoms in total. The quantitative estimate of drug-likeness (QED) is 0.767. The van der Waals surface area contributed by atoms with Gasteiger partial charge in [0.2, 0.25) is 5.91 Å². The van der Waals surface area contributed by atoms with E-state index in [1.807, 2.05) is 13.8 Å². The van der Waals surface area contributed by atoms with Crippen LogP contribution in [0.25, 0.3) is 0 Å². The molecule has 1 aliphatic heterocycles. The summed E-state index contributed by atoms with van der Waals surface area (Å²) < 4.78 is 4.78. The van der Waals surface area contributed by atoms with Crippen LogP contribution < -0.4 is 10.6 Å². The highest BCUT2D eigenvalue weighted by Crippen LogP contribution is 2.22. The van der Waals surface area contributed by atoms with Crippen molar-refractivity contribution in [3.63, 3.8) is 0 Å². The molecule has 0 radical (unpaired) electrons. The molecule has 3 amide bonds. The van der Waals surface area contributed by atoms with Gasteiger partial charge in [0, 0.05) is 6.54 Å². The molecule has 0 unspecified atom stereocenters. The highest BCUT2D eigenvalue weighted by atomic mass is 35.5. The standard InChI is InChI=1S/C18H24ClN3O4/c1-11(2)15(16(23)22-10-6-9-14(22)17(24)26-3)21-18(25)20-13-8-5-4-7-12(13)19/h4-5,7-8,11,14-15H,6,9-10H2,1-3H3,(H2,20,21,25)/t14-,15-/m0/s1. The number of rotatable bonds is 5. The van der Waals surface area contributed by atoms with Crippen LogP contribution in [-0.2, 0) is 14.3 Å². The summed E-state index contributed by atoms with van der Waals surface area (Å²) in [6, 6.07) is 4.95. The first-order valence-corrected chi connectivity index (χ1v) is 8.93. The Labute approximate surface area is 158 Å². The molecule has 0 aromatic heterocycles. The number of carbonyl (C=O) groups is 3. The van der Waals surface area contributed by atoms with E-state index in [0.717, 1.165) is 6.42 Å². The first kappa shape index (κ1) is 20.0. The van der Waals surface area contributed by atoms with E-state index >= 15 is 0 Å². The van der Waals surface area contributed by atoms with Gasteiger partial charge in [0.1, 0.15) is 12.1 Å². The van der Waals surface area contributed by atoms with Gasteiger partial charge in [-0.3, -0.25) is 4.79 Å². The Kier molecular flexibility index (Phi) is 6.85. The molecular weight excluding hydrogens is 358 g/mol. The smallest absolute Gasteiger partial charge is 0.328 e. The molecule has 0 aliphatic carbocycles. The molecule has 1 saturated heterocycles. The van der Waals surface area contributed by atoms with Gasteiger partial charge in [-0.25, -0.2) is 9.59 Å². The molecule has 1 fully saturated rings. The Bertz CT molecular complexity index is 680. The first-order valence-electron chi connectivity index (χ1n) is 8.55. The minimum absolute atomic E-state index is 0.154. The van der Waals surface area contributed by atoms with Gasteiger partial charge in [-0.1, -0.05) is 37.6 Å². The van der Waals surface area contributed by atoms with Gasteiger partial charge in [-0.2, -0.15) is 0 Å². The van der Waals surface area contributed by atoms with E-state index in [1.165, 1.54) is 12.0 Å². The highest BCUT2D eigenvalue weighted by Gasteiger charge is 2.39. The Morgan fingerprint density at radius 2 is 1.96 bits per heavy atom. The lowest BCUT2D eigenvalue weighted by molar-refractivity contribution is -0.151. The maximum atomic E-state index is 12.9. The minimum atomic E-state index is -0.761. The third-order valence-electron chi connectivity index (χ3n) is 4.35. The van der Waals surface area contributed by atoms with Crippen molar-refractivity contribution in [1.29, 1.82) is 0 Å². The van der Waals surface area contributed by atoms with E-state index in [9.17, 15) is 14.4 Å². The number of ether oxygens (including phenoxy) is 1. The van der Waals surface area contributed by atoms with Crippen LogP contribution in [0.15, 0.2) is 24.3 Å². The molecule has 1 heterocycles. The van der Waals surface area contributed by atoms with Crippen molar-refractivity contribution in [3.05, 3.63) is 29.3 Å². The van der Waals surface area contributed by atoms with E-state index in [0.29, 0.717) is 23.7 Å². The van der Waals surface area contributed by atoms with E-state index in [2.05, 4.69) is 10.6 Å². The average Bonchev–Trinajstić information content (AvgIpc) is 3.10. The third-order valence-corrected chi connectivity index (χ3v) is 4.68. The van der Waals surface area contributed by atoms with Crippen LogP contribution in [0, 0.1) is 5.92 Å². The van der Waals surface area contributed by atoms with Gasteiger partial charge in [0.15, 0.2) is 0 Å². The van der Waals surface area contributed by atoms with Crippen LogP contribution >= 0.6 is 11.6 Å². The Morgan fingerprint density at radius 3 is 2.58 bits per heavy atom. The zero-order valence-corrected chi connectivity index (χ0v) is 15.9. The van der Waals surface area contributed by atoms with Crippen molar-refractivity contribution in [2.24, 2.45) is 5.92 Å². The van der Waals surface area contributed by atoms with Crippen molar-refractivity contribution in [1.82, 2.24) is 10.2 Å². The number of likely N-dealkylation sites (tertiary alicyclic amines) is 1. The van der Waals surface area contributed by atoms with E-state index in [-0.39, 0.29) is 11.8 Å². The second kappa shape index (κ2) is 8.89. The number of anilines is 1. The Morgan fingerprint density at radius 1 is 1.27 bits per heavy atom. The number of nitrogens with one attached hydrogen (secondary N) is 2. The summed E-state index contributed by atoms with van der Waals surface area (Å²) in [5.74, 6) is -0.875. The second-order valence-electron chi connectivity index (χ2n) is 6.51. The van der Waals surface area contributed by atoms with Gasteiger partial charge in [-0.15, -0.1) is 0 Å². The molecule has 1 aromatic rings. The number of halogens is 1. The number of hydrogen-bond acceptors (Lipinski definition) is 4. The van der Waals surface area contributed by atoms with Crippen LogP contribution in [0.5, 0.6) is 0 Å². The maximum Gasteiger partial charge on any atom is 0.328 e. The van der Waals surface area contributed by atoms with Crippen molar-refractivity contribution in [2.75, 3.05) is 19.0 Å². The van der Waals surface area contributed by atoms with Gasteiger partial charge in [0.05, 0.1) is 17.8 Å². The molecule has 1 aliphatic rings. The lowest BCUT2D eigenvalue weighted by Gasteiger charge is -2.29. The molecule has 2 atom stereocenters. The largest absolute Gasteiger partial charge is 0.467 e. The highest BCUT2D eigenvalue weighted by molar-refractivity contribution is 6.33. The van der Waals surface area contributed by atoms with Gasteiger partial charge in [-0.05, 0) is 30.9 Å². The van der Waals surface area contributed by atoms with Crippen LogP contribution in [0.3, 0.4) is 0 Å². The Hall–Kier alpha value is -2.28. The molecule has 0 spiro atoms. The predicted octanol–water partition coefficient (Wildman–Crippen LogP) is 2.65.